The van der Waals surface area contributed by atoms with Gasteiger partial charge in [-0.3, -0.25) is 38.8 Å². The second-order valence-electron chi connectivity index (χ2n) is 21.5. The van der Waals surface area contributed by atoms with Crippen LogP contribution in [0.3, 0.4) is 0 Å². The topological polar surface area (TPSA) is 199 Å². The van der Waals surface area contributed by atoms with Crippen molar-refractivity contribution in [2.24, 2.45) is 4.99 Å². The maximum absolute atomic E-state index is 14.3. The van der Waals surface area contributed by atoms with Crippen LogP contribution >= 0.6 is 21.6 Å². The van der Waals surface area contributed by atoms with Crippen LogP contribution in [-0.4, -0.2) is 150 Å². The Kier molecular flexibility index (Phi) is 19.5. The normalized spacial score (nSPS) is 16.5. The number of carbonyl (C=O) groups is 5. The van der Waals surface area contributed by atoms with Crippen LogP contribution in [0.1, 0.15) is 69.7 Å². The van der Waals surface area contributed by atoms with Crippen LogP contribution in [-0.2, 0) is 54.6 Å². The lowest BCUT2D eigenvalue weighted by atomic mass is 10.1. The predicted molar refractivity (Wildman–Crippen MR) is 327 cm³/mol. The van der Waals surface area contributed by atoms with E-state index in [1.54, 1.807) is 66.0 Å². The average Bonchev–Trinajstić information content (AvgIpc) is 2.08. The Hall–Kier alpha value is -7.56. The number of imide groups is 1. The van der Waals surface area contributed by atoms with Crippen molar-refractivity contribution in [2.75, 3.05) is 113 Å². The second kappa shape index (κ2) is 27.4. The van der Waals surface area contributed by atoms with Crippen LogP contribution in [0, 0.1) is 0 Å². The number of hydrogen-bond acceptors (Lipinski definition) is 17. The van der Waals surface area contributed by atoms with Gasteiger partial charge in [-0.05, 0) is 91.4 Å². The van der Waals surface area contributed by atoms with Gasteiger partial charge in [-0.15, -0.1) is 0 Å². The number of methoxy groups -OCH3 is 3. The van der Waals surface area contributed by atoms with Gasteiger partial charge in [-0.1, -0.05) is 58.0 Å². The van der Waals surface area contributed by atoms with E-state index in [0.717, 1.165) is 56.4 Å². The molecule has 0 aliphatic carbocycles. The molecule has 0 aromatic heterocycles. The number of ether oxygens (including phenoxy) is 7. The first kappa shape index (κ1) is 59.6. The fraction of sp³-hybridized carbons (Fsp3) is 0.397. The van der Waals surface area contributed by atoms with Crippen LogP contribution < -0.4 is 44.3 Å². The Labute approximate surface area is 497 Å². The monoisotopic (exact) mass is 1180 g/mol. The third-order valence-corrected chi connectivity index (χ3v) is 18.4. The van der Waals surface area contributed by atoms with E-state index < -0.39 is 0 Å². The summed E-state index contributed by atoms with van der Waals surface area (Å²) in [6, 6.07) is 29.0. The Morgan fingerprint density at radius 2 is 1.37 bits per heavy atom. The zero-order chi connectivity index (χ0) is 58.7. The van der Waals surface area contributed by atoms with Crippen molar-refractivity contribution in [3.8, 4) is 23.0 Å². The van der Waals surface area contributed by atoms with Crippen molar-refractivity contribution < 1.29 is 57.1 Å². The zero-order valence-corrected chi connectivity index (χ0v) is 49.7. The van der Waals surface area contributed by atoms with E-state index in [1.807, 2.05) is 65.7 Å². The SMILES string of the molecule is COCCOCCOCCN(CC(C)(C)SSCCCC(=O)NCCN1C(=O)C=CC1=O)c1cc(COc2cc3c(cc2OC)C(=O)N2c4ccccc4C[C@H]2C=N3)cc(COc2cc3c(cc2OC)C(=O)N2c4ccccc4C[C@H]2CN3)c1. The lowest BCUT2D eigenvalue weighted by molar-refractivity contribution is -0.137. The third-order valence-electron chi connectivity index (χ3n) is 15.0. The lowest BCUT2D eigenvalue weighted by Gasteiger charge is -2.34. The van der Waals surface area contributed by atoms with Crippen molar-refractivity contribution >= 4 is 85.8 Å². The molecule has 21 heteroatoms. The lowest BCUT2D eigenvalue weighted by Crippen LogP contribution is -2.39. The predicted octanol–water partition coefficient (Wildman–Crippen LogP) is 8.61. The molecule has 5 aromatic rings. The summed E-state index contributed by atoms with van der Waals surface area (Å²) in [5.41, 5.74) is 8.65. The summed E-state index contributed by atoms with van der Waals surface area (Å²) in [5, 5.41) is 6.37. The van der Waals surface area contributed by atoms with Crippen LogP contribution in [0.25, 0.3) is 0 Å². The highest BCUT2D eigenvalue weighted by molar-refractivity contribution is 8.77. The van der Waals surface area contributed by atoms with E-state index in [9.17, 15) is 24.0 Å². The molecule has 5 aromatic carbocycles. The minimum absolute atomic E-state index is 0.0420. The highest BCUT2D eigenvalue weighted by atomic mass is 33.1. The van der Waals surface area contributed by atoms with Crippen molar-refractivity contribution in [2.45, 2.75) is 69.6 Å². The summed E-state index contributed by atoms with van der Waals surface area (Å²) in [6.07, 6.45) is 6.67. The average molecular weight is 1180 g/mol. The fourth-order valence-corrected chi connectivity index (χ4v) is 13.6. The minimum atomic E-state index is -0.374. The fourth-order valence-electron chi connectivity index (χ4n) is 11.0. The number of nitrogens with zero attached hydrogens (tertiary/aromatic N) is 5. The number of carbonyl (C=O) groups excluding carboxylic acids is 5. The maximum atomic E-state index is 14.3. The number of fused-ring (bicyclic) bond motifs is 8. The van der Waals surface area contributed by atoms with Crippen molar-refractivity contribution in [1.82, 2.24) is 10.2 Å². The van der Waals surface area contributed by atoms with Gasteiger partial charge < -0.3 is 53.6 Å². The molecule has 0 saturated heterocycles. The molecule has 10 rings (SSSR count). The number of para-hydroxylation sites is 2. The molecule has 84 heavy (non-hydrogen) atoms. The van der Waals surface area contributed by atoms with Gasteiger partial charge in [0.05, 0.1) is 81.8 Å². The molecule has 0 unspecified atom stereocenters. The Morgan fingerprint density at radius 1 is 0.738 bits per heavy atom. The summed E-state index contributed by atoms with van der Waals surface area (Å²) in [6.45, 7) is 8.81. The number of aliphatic imine (C=N–C) groups is 1. The second-order valence-corrected chi connectivity index (χ2v) is 24.6. The first-order valence-corrected chi connectivity index (χ1v) is 30.6. The molecule has 0 bridgehead atoms. The quantitative estimate of drug-likeness (QED) is 0.0262. The molecule has 0 spiro atoms. The standard InChI is InChI=1S/C63H71N7O12S2/c1-63(2,84-83-26-10-15-58(71)64-18-19-68-59(72)16-17-60(68)73)40-67(20-21-79-24-25-80-23-22-76-3)45-28-41(38-81-56-34-50-48(32-54(56)77-4)61(74)69-46(36-65-50)30-43-11-6-8-13-52(43)69)27-42(29-45)39-82-57-35-51-49(33-55(57)78-5)62(75)70-47(37-66-51)31-44-12-7-9-14-53(44)70/h6-9,11-14,16-17,27-29,32-36,46-47,66H,10,15,18-26,30-31,37-40H2,1-5H3,(H,64,71)/t46-,47-/m0/s1. The van der Waals surface area contributed by atoms with Gasteiger partial charge in [0, 0.05) is 111 Å². The van der Waals surface area contributed by atoms with Gasteiger partial charge in [0.15, 0.2) is 23.0 Å². The highest BCUT2D eigenvalue weighted by Gasteiger charge is 2.39. The number of nitrogens with one attached hydrogen (secondary N) is 2. The number of anilines is 4. The maximum Gasteiger partial charge on any atom is 0.261 e. The van der Waals surface area contributed by atoms with Gasteiger partial charge >= 0.3 is 0 Å². The molecule has 5 heterocycles. The molecular weight excluding hydrogens is 1110 g/mol. The number of benzene rings is 5. The molecule has 5 amide bonds. The molecular formula is C63H71N7O12S2. The molecule has 2 N–H and O–H groups in total. The summed E-state index contributed by atoms with van der Waals surface area (Å²) in [7, 11) is 8.19. The zero-order valence-electron chi connectivity index (χ0n) is 48.0. The minimum Gasteiger partial charge on any atom is -0.493 e. The largest absolute Gasteiger partial charge is 0.493 e. The van der Waals surface area contributed by atoms with Crippen LogP contribution in [0.4, 0.5) is 28.4 Å². The van der Waals surface area contributed by atoms with E-state index in [1.165, 1.54) is 12.2 Å². The Balaban J connectivity index is 0.889. The smallest absolute Gasteiger partial charge is 0.261 e. The van der Waals surface area contributed by atoms with Gasteiger partial charge in [0.25, 0.3) is 23.6 Å². The molecule has 19 nitrogen and oxygen atoms in total. The van der Waals surface area contributed by atoms with Gasteiger partial charge in [0.2, 0.25) is 5.91 Å². The summed E-state index contributed by atoms with van der Waals surface area (Å²) < 4.78 is 41.9. The summed E-state index contributed by atoms with van der Waals surface area (Å²) in [5.74, 6) is 1.27. The Morgan fingerprint density at radius 3 is 2.07 bits per heavy atom. The number of hydrogen-bond donors (Lipinski definition) is 2. The van der Waals surface area contributed by atoms with E-state index in [0.29, 0.717) is 117 Å². The Bertz CT molecular complexity index is 3300. The van der Waals surface area contributed by atoms with Crippen molar-refractivity contribution in [3.05, 3.63) is 137 Å². The van der Waals surface area contributed by atoms with E-state index in [4.69, 9.17) is 38.2 Å². The molecule has 2 atom stereocenters. The van der Waals surface area contributed by atoms with E-state index in [-0.39, 0.29) is 72.7 Å². The van der Waals surface area contributed by atoms with Crippen LogP contribution in [0.5, 0.6) is 23.0 Å². The number of rotatable bonds is 29. The highest BCUT2D eigenvalue weighted by Crippen LogP contribution is 2.44. The number of amides is 5. The molecule has 442 valence electrons. The molecule has 0 saturated carbocycles. The van der Waals surface area contributed by atoms with Gasteiger partial charge in [-0.2, -0.15) is 0 Å². The van der Waals surface area contributed by atoms with E-state index >= 15 is 0 Å². The van der Waals surface area contributed by atoms with Crippen molar-refractivity contribution in [1.29, 1.82) is 0 Å². The molecule has 5 aliphatic rings. The van der Waals surface area contributed by atoms with Gasteiger partial charge in [-0.25, -0.2) is 0 Å². The molecule has 0 radical (unpaired) electrons. The van der Waals surface area contributed by atoms with Crippen LogP contribution in [0.15, 0.2) is 108 Å². The van der Waals surface area contributed by atoms with Gasteiger partial charge in [0.1, 0.15) is 13.2 Å². The molecule has 5 aliphatic heterocycles. The first-order valence-electron chi connectivity index (χ1n) is 28.2. The summed E-state index contributed by atoms with van der Waals surface area (Å²) >= 11 is 0. The third kappa shape index (κ3) is 14.0. The molecule has 0 fully saturated rings. The van der Waals surface area contributed by atoms with Crippen LogP contribution in [0.2, 0.25) is 0 Å². The summed E-state index contributed by atoms with van der Waals surface area (Å²) in [4.78, 5) is 77.0. The van der Waals surface area contributed by atoms with E-state index in [2.05, 4.69) is 47.6 Å². The van der Waals surface area contributed by atoms with Crippen molar-refractivity contribution in [3.63, 3.8) is 0 Å². The first-order chi connectivity index (χ1) is 40.8.